The lowest BCUT2D eigenvalue weighted by Crippen LogP contribution is -2.57. The van der Waals surface area contributed by atoms with Crippen LogP contribution in [0.25, 0.3) is 11.3 Å². The van der Waals surface area contributed by atoms with Crippen molar-refractivity contribution in [2.45, 2.75) is 63.8 Å². The Labute approximate surface area is 283 Å². The molecule has 5 rings (SSSR count). The molecule has 0 radical (unpaired) electrons. The van der Waals surface area contributed by atoms with Crippen molar-refractivity contribution in [2.75, 3.05) is 26.2 Å². The van der Waals surface area contributed by atoms with Crippen LogP contribution in [0.15, 0.2) is 48.7 Å². The average molecular weight is 749 g/mol. The second-order valence-corrected chi connectivity index (χ2v) is 12.2. The average Bonchev–Trinajstić information content (AvgIpc) is 3.65. The van der Waals surface area contributed by atoms with Crippen LogP contribution in [0.4, 0.5) is 39.5 Å². The van der Waals surface area contributed by atoms with Gasteiger partial charge >= 0.3 is 36.4 Å². The minimum absolute atomic E-state index is 0.0852. The van der Waals surface area contributed by atoms with Gasteiger partial charge in [-0.1, -0.05) is 37.3 Å². The molecular formula is C30H33F9N4O6S. The number of thiophene rings is 1. The van der Waals surface area contributed by atoms with Crippen LogP contribution in [0, 0.1) is 6.92 Å². The molecule has 0 aliphatic carbocycles. The molecule has 2 aliphatic rings. The molecule has 1 spiro atoms. The molecule has 0 amide bonds. The number of likely N-dealkylation sites (tertiary alicyclic amines) is 1. The Morgan fingerprint density at radius 3 is 1.66 bits per heavy atom. The number of aliphatic carboxylic acids is 3. The number of benzene rings is 1. The number of imidazole rings is 1. The summed E-state index contributed by atoms with van der Waals surface area (Å²) in [5, 5.41) is 21.4. The zero-order valence-electron chi connectivity index (χ0n) is 26.4. The second kappa shape index (κ2) is 17.2. The van der Waals surface area contributed by atoms with Crippen molar-refractivity contribution in [3.63, 3.8) is 0 Å². The molecule has 1 fully saturated rings. The van der Waals surface area contributed by atoms with Crippen LogP contribution in [-0.2, 0) is 33.0 Å². The molecule has 0 unspecified atom stereocenters. The number of fused-ring (bicyclic) bond motifs is 2. The minimum atomic E-state index is -5.08. The van der Waals surface area contributed by atoms with Crippen molar-refractivity contribution in [2.24, 2.45) is 0 Å². The van der Waals surface area contributed by atoms with E-state index in [0.29, 0.717) is 0 Å². The van der Waals surface area contributed by atoms with Gasteiger partial charge in [0, 0.05) is 42.5 Å². The maximum atomic E-state index is 10.6. The van der Waals surface area contributed by atoms with Crippen molar-refractivity contribution in [1.29, 1.82) is 0 Å². The van der Waals surface area contributed by atoms with Crippen LogP contribution in [-0.4, -0.2) is 97.3 Å². The van der Waals surface area contributed by atoms with Gasteiger partial charge in [-0.05, 0) is 44.0 Å². The molecule has 1 aromatic carbocycles. The van der Waals surface area contributed by atoms with Gasteiger partial charge in [-0.3, -0.25) is 9.80 Å². The third-order valence-electron chi connectivity index (χ3n) is 7.51. The number of rotatable bonds is 4. The van der Waals surface area contributed by atoms with Gasteiger partial charge in [0.1, 0.15) is 5.82 Å². The summed E-state index contributed by atoms with van der Waals surface area (Å²) in [4.78, 5) is 39.9. The Bertz CT molecular complexity index is 1510. The van der Waals surface area contributed by atoms with Crippen molar-refractivity contribution in [3.8, 4) is 11.3 Å². The highest BCUT2D eigenvalue weighted by Crippen LogP contribution is 2.42. The molecule has 20 heteroatoms. The second-order valence-electron chi connectivity index (χ2n) is 10.8. The standard InChI is InChI=1S/C24H30N4S.3C2HF3O2/c1-3-27-15-16-28-22(20-7-5-4-6-8-20)17-25-23(28)24(27)11-13-26(14-12-24)18-21-10-9-19(2)29-21;3*3-2(4,5)1(6)7/h4-10,17H,3,11-16,18H2,1-2H3;3*(H,6,7). The molecule has 2 aromatic heterocycles. The van der Waals surface area contributed by atoms with Gasteiger partial charge in [0.15, 0.2) is 0 Å². The summed E-state index contributed by atoms with van der Waals surface area (Å²) < 4.78 is 97.7. The van der Waals surface area contributed by atoms with E-state index in [4.69, 9.17) is 34.7 Å². The van der Waals surface area contributed by atoms with E-state index < -0.39 is 36.4 Å². The monoisotopic (exact) mass is 748 g/mol. The highest BCUT2D eigenvalue weighted by Gasteiger charge is 2.46. The molecule has 0 atom stereocenters. The van der Waals surface area contributed by atoms with Crippen molar-refractivity contribution >= 4 is 29.2 Å². The molecule has 1 saturated heterocycles. The molecule has 278 valence electrons. The topological polar surface area (TPSA) is 136 Å². The number of halogens is 9. The first-order valence-corrected chi connectivity index (χ1v) is 15.4. The van der Waals surface area contributed by atoms with Gasteiger partial charge in [-0.25, -0.2) is 19.4 Å². The number of likely N-dealkylation sites (N-methyl/N-ethyl adjacent to an activating group) is 1. The first kappa shape index (κ1) is 42.0. The molecule has 0 bridgehead atoms. The number of aryl methyl sites for hydroxylation is 1. The van der Waals surface area contributed by atoms with Gasteiger partial charge in [0.2, 0.25) is 0 Å². The number of aromatic nitrogens is 2. The molecule has 3 N–H and O–H groups in total. The van der Waals surface area contributed by atoms with Crippen molar-refractivity contribution < 1.29 is 69.2 Å². The zero-order chi connectivity index (χ0) is 38.1. The van der Waals surface area contributed by atoms with Crippen LogP contribution >= 0.6 is 11.3 Å². The number of hydrogen-bond acceptors (Lipinski definition) is 7. The fourth-order valence-corrected chi connectivity index (χ4v) is 6.19. The highest BCUT2D eigenvalue weighted by atomic mass is 32.1. The van der Waals surface area contributed by atoms with Gasteiger partial charge < -0.3 is 19.9 Å². The van der Waals surface area contributed by atoms with E-state index in [1.54, 1.807) is 0 Å². The maximum absolute atomic E-state index is 10.6. The van der Waals surface area contributed by atoms with E-state index in [-0.39, 0.29) is 5.54 Å². The van der Waals surface area contributed by atoms with E-state index in [9.17, 15) is 39.5 Å². The SMILES string of the molecule is CCN1CCn2c(-c3ccccc3)cnc2C12CCN(Cc1ccc(C)s1)CC2.O=C(O)C(F)(F)F.O=C(O)C(F)(F)F.O=C(O)C(F)(F)F. The Morgan fingerprint density at radius 1 is 0.780 bits per heavy atom. The lowest BCUT2D eigenvalue weighted by molar-refractivity contribution is -0.193. The number of carboxylic acid groups (broad SMARTS) is 3. The number of alkyl halides is 9. The largest absolute Gasteiger partial charge is 0.490 e. The van der Waals surface area contributed by atoms with Gasteiger partial charge in [-0.15, -0.1) is 11.3 Å². The predicted octanol–water partition coefficient (Wildman–Crippen LogP) is 6.65. The zero-order valence-corrected chi connectivity index (χ0v) is 27.3. The first-order chi connectivity index (χ1) is 23.0. The fourth-order valence-electron chi connectivity index (χ4n) is 5.26. The lowest BCUT2D eigenvalue weighted by Gasteiger charge is -2.50. The molecule has 50 heavy (non-hydrogen) atoms. The van der Waals surface area contributed by atoms with Crippen LogP contribution in [0.5, 0.6) is 0 Å². The number of piperidine rings is 1. The van der Waals surface area contributed by atoms with Crippen molar-refractivity contribution in [3.05, 3.63) is 64.2 Å². The van der Waals surface area contributed by atoms with Gasteiger partial charge in [0.05, 0.1) is 17.4 Å². The first-order valence-electron chi connectivity index (χ1n) is 14.6. The van der Waals surface area contributed by atoms with Crippen LogP contribution in [0.2, 0.25) is 0 Å². The van der Waals surface area contributed by atoms with Gasteiger partial charge in [-0.2, -0.15) is 39.5 Å². The number of carboxylic acids is 3. The quantitative estimate of drug-likeness (QED) is 0.251. The Hall–Kier alpha value is -4.17. The Kier molecular flexibility index (Phi) is 14.4. The smallest absolute Gasteiger partial charge is 0.475 e. The summed E-state index contributed by atoms with van der Waals surface area (Å²) in [6, 6.07) is 15.3. The summed E-state index contributed by atoms with van der Waals surface area (Å²) in [5.41, 5.74) is 2.63. The Balaban J connectivity index is 0.000000338. The number of nitrogens with zero attached hydrogens (tertiary/aromatic N) is 4. The highest BCUT2D eigenvalue weighted by molar-refractivity contribution is 7.11. The summed E-state index contributed by atoms with van der Waals surface area (Å²) >= 11 is 1.93. The molecule has 0 saturated carbocycles. The van der Waals surface area contributed by atoms with E-state index in [2.05, 4.69) is 76.9 Å². The third kappa shape index (κ3) is 11.7. The summed E-state index contributed by atoms with van der Waals surface area (Å²) in [5.74, 6) is -6.98. The Morgan fingerprint density at radius 2 is 1.26 bits per heavy atom. The number of hydrogen-bond donors (Lipinski definition) is 3. The fraction of sp³-hybridized carbons (Fsp3) is 0.467. The van der Waals surface area contributed by atoms with Crippen LogP contribution < -0.4 is 0 Å². The van der Waals surface area contributed by atoms with E-state index in [1.807, 2.05) is 11.3 Å². The van der Waals surface area contributed by atoms with E-state index in [0.717, 1.165) is 52.1 Å². The summed E-state index contributed by atoms with van der Waals surface area (Å²) in [6.45, 7) is 11.1. The van der Waals surface area contributed by atoms with Crippen LogP contribution in [0.1, 0.15) is 35.3 Å². The maximum Gasteiger partial charge on any atom is 0.490 e. The predicted molar refractivity (Wildman–Crippen MR) is 161 cm³/mol. The minimum Gasteiger partial charge on any atom is -0.475 e. The molecule has 4 heterocycles. The molecule has 10 nitrogen and oxygen atoms in total. The molecular weight excluding hydrogens is 715 g/mol. The van der Waals surface area contributed by atoms with E-state index >= 15 is 0 Å². The van der Waals surface area contributed by atoms with Crippen molar-refractivity contribution in [1.82, 2.24) is 19.4 Å². The number of carbonyl (C=O) groups is 3. The summed E-state index contributed by atoms with van der Waals surface area (Å²) in [7, 11) is 0. The molecule has 3 aromatic rings. The summed E-state index contributed by atoms with van der Waals surface area (Å²) in [6.07, 6.45) is -10.8. The lowest BCUT2D eigenvalue weighted by atomic mass is 9.83. The van der Waals surface area contributed by atoms with E-state index in [1.165, 1.54) is 26.8 Å². The van der Waals surface area contributed by atoms with Gasteiger partial charge in [0.25, 0.3) is 0 Å². The molecule has 2 aliphatic heterocycles. The third-order valence-corrected chi connectivity index (χ3v) is 8.49. The van der Waals surface area contributed by atoms with Crippen LogP contribution in [0.3, 0.4) is 0 Å². The normalized spacial score (nSPS) is 16.1.